The van der Waals surface area contributed by atoms with E-state index in [1.165, 1.54) is 25.7 Å². The summed E-state index contributed by atoms with van der Waals surface area (Å²) in [5.74, 6) is 4.72. The molecule has 0 bridgehead atoms. The second-order valence-corrected chi connectivity index (χ2v) is 9.32. The molecule has 0 unspecified atom stereocenters. The van der Waals surface area contributed by atoms with E-state index in [-0.39, 0.29) is 0 Å². The van der Waals surface area contributed by atoms with E-state index in [1.54, 1.807) is 7.11 Å². The fourth-order valence-corrected chi connectivity index (χ4v) is 5.03. The van der Waals surface area contributed by atoms with Gasteiger partial charge in [0.15, 0.2) is 0 Å². The Morgan fingerprint density at radius 1 is 1.03 bits per heavy atom. The molecule has 9 heteroatoms. The molecule has 4 rings (SSSR count). The fraction of sp³-hybridized carbons (Fsp3) is 0.571. The molecule has 1 aliphatic carbocycles. The number of halogens is 1. The number of anilines is 4. The number of benzene rings is 1. The van der Waals surface area contributed by atoms with E-state index in [9.17, 15) is 0 Å². The van der Waals surface area contributed by atoms with Gasteiger partial charge >= 0.3 is 0 Å². The summed E-state index contributed by atoms with van der Waals surface area (Å²) in [6.07, 6.45) is 7.48. The molecule has 0 spiro atoms. The molecule has 2 N–H and O–H groups in total. The molecule has 0 atom stereocenters. The normalized spacial score (nSPS) is 18.0. The molecular weight excluding hydrogens is 420 g/mol. The van der Waals surface area contributed by atoms with Gasteiger partial charge in [-0.2, -0.15) is 26.7 Å². The van der Waals surface area contributed by atoms with E-state index in [0.29, 0.717) is 28.7 Å². The Bertz CT molecular complexity index is 840. The van der Waals surface area contributed by atoms with Gasteiger partial charge in [-0.15, -0.1) is 0 Å². The number of nitrogens with one attached hydrogen (secondary N) is 2. The predicted molar refractivity (Wildman–Crippen MR) is 126 cm³/mol. The number of aromatic nitrogens is 3. The predicted octanol–water partition coefficient (Wildman–Crippen LogP) is 4.97. The molecule has 2 aromatic rings. The smallest absolute Gasteiger partial charge is 0.233 e. The minimum Gasteiger partial charge on any atom is -0.495 e. The molecule has 162 valence electrons. The van der Waals surface area contributed by atoms with Crippen LogP contribution in [0.5, 0.6) is 5.75 Å². The Labute approximate surface area is 187 Å². The largest absolute Gasteiger partial charge is 0.495 e. The van der Waals surface area contributed by atoms with Gasteiger partial charge in [0.25, 0.3) is 0 Å². The SMILES string of the molecule is COc1ccc(Nc2nc(NC3CCCCCC3)nc(N3CCSCC3)n2)cc1Cl. The Kier molecular flexibility index (Phi) is 7.38. The zero-order valence-electron chi connectivity index (χ0n) is 17.4. The summed E-state index contributed by atoms with van der Waals surface area (Å²) in [7, 11) is 1.61. The van der Waals surface area contributed by atoms with Gasteiger partial charge in [-0.1, -0.05) is 37.3 Å². The maximum Gasteiger partial charge on any atom is 0.233 e. The highest BCUT2D eigenvalue weighted by molar-refractivity contribution is 7.99. The third kappa shape index (κ3) is 5.60. The second-order valence-electron chi connectivity index (χ2n) is 7.69. The van der Waals surface area contributed by atoms with Crippen LogP contribution in [0.25, 0.3) is 0 Å². The van der Waals surface area contributed by atoms with Crippen LogP contribution in [0.15, 0.2) is 18.2 Å². The molecule has 2 fully saturated rings. The summed E-state index contributed by atoms with van der Waals surface area (Å²) in [4.78, 5) is 16.4. The van der Waals surface area contributed by atoms with Gasteiger partial charge in [-0.3, -0.25) is 0 Å². The number of thioether (sulfide) groups is 1. The Morgan fingerprint density at radius 2 is 1.77 bits per heavy atom. The van der Waals surface area contributed by atoms with Crippen LogP contribution in [0.2, 0.25) is 5.02 Å². The van der Waals surface area contributed by atoms with E-state index in [0.717, 1.165) is 49.1 Å². The van der Waals surface area contributed by atoms with Crippen LogP contribution in [-0.2, 0) is 0 Å². The number of hydrogen-bond donors (Lipinski definition) is 2. The highest BCUT2D eigenvalue weighted by Crippen LogP contribution is 2.29. The maximum atomic E-state index is 6.28. The van der Waals surface area contributed by atoms with Crippen molar-refractivity contribution in [2.75, 3.05) is 47.2 Å². The number of ether oxygens (including phenoxy) is 1. The molecule has 1 aromatic heterocycles. The molecule has 1 saturated heterocycles. The van der Waals surface area contributed by atoms with Gasteiger partial charge in [-0.05, 0) is 31.0 Å². The summed E-state index contributed by atoms with van der Waals surface area (Å²) in [6, 6.07) is 5.98. The van der Waals surface area contributed by atoms with Crippen LogP contribution >= 0.6 is 23.4 Å². The highest BCUT2D eigenvalue weighted by atomic mass is 35.5. The topological polar surface area (TPSA) is 75.2 Å². The molecule has 1 saturated carbocycles. The van der Waals surface area contributed by atoms with Crippen molar-refractivity contribution in [2.24, 2.45) is 0 Å². The third-order valence-electron chi connectivity index (χ3n) is 5.51. The number of methoxy groups -OCH3 is 1. The van der Waals surface area contributed by atoms with Crippen LogP contribution in [0, 0.1) is 0 Å². The molecule has 7 nitrogen and oxygen atoms in total. The van der Waals surface area contributed by atoms with Crippen molar-refractivity contribution >= 4 is 46.9 Å². The Morgan fingerprint density at radius 3 is 2.47 bits per heavy atom. The minimum atomic E-state index is 0.419. The summed E-state index contributed by atoms with van der Waals surface area (Å²) in [5.41, 5.74) is 0.813. The van der Waals surface area contributed by atoms with Gasteiger partial charge in [0, 0.05) is 36.3 Å². The van der Waals surface area contributed by atoms with Crippen molar-refractivity contribution in [3.63, 3.8) is 0 Å². The van der Waals surface area contributed by atoms with Crippen LogP contribution < -0.4 is 20.3 Å². The first kappa shape index (κ1) is 21.3. The molecule has 0 radical (unpaired) electrons. The van der Waals surface area contributed by atoms with Gasteiger partial charge in [-0.25, -0.2) is 0 Å². The van der Waals surface area contributed by atoms with Crippen molar-refractivity contribution in [1.29, 1.82) is 0 Å². The summed E-state index contributed by atoms with van der Waals surface area (Å²) >= 11 is 8.25. The first-order chi connectivity index (χ1) is 14.7. The monoisotopic (exact) mass is 448 g/mol. The number of hydrogen-bond acceptors (Lipinski definition) is 8. The average molecular weight is 449 g/mol. The first-order valence-corrected chi connectivity index (χ1v) is 12.2. The fourth-order valence-electron chi connectivity index (χ4n) is 3.87. The van der Waals surface area contributed by atoms with Crippen molar-refractivity contribution in [1.82, 2.24) is 15.0 Å². The third-order valence-corrected chi connectivity index (χ3v) is 6.75. The van der Waals surface area contributed by atoms with E-state index in [2.05, 4.69) is 20.5 Å². The lowest BCUT2D eigenvalue weighted by Gasteiger charge is -2.27. The summed E-state index contributed by atoms with van der Waals surface area (Å²) < 4.78 is 5.24. The van der Waals surface area contributed by atoms with Gasteiger partial charge in [0.05, 0.1) is 12.1 Å². The van der Waals surface area contributed by atoms with Gasteiger partial charge in [0.1, 0.15) is 5.75 Å². The summed E-state index contributed by atoms with van der Waals surface area (Å²) in [5, 5.41) is 7.41. The molecule has 0 amide bonds. The molecular formula is C21H29ClN6OS. The zero-order chi connectivity index (χ0) is 20.8. The lowest BCUT2D eigenvalue weighted by Crippen LogP contribution is -2.34. The quantitative estimate of drug-likeness (QED) is 0.600. The van der Waals surface area contributed by atoms with E-state index >= 15 is 0 Å². The average Bonchev–Trinajstić information content (AvgIpc) is 3.03. The van der Waals surface area contributed by atoms with Crippen molar-refractivity contribution in [2.45, 2.75) is 44.6 Å². The van der Waals surface area contributed by atoms with Gasteiger partial charge < -0.3 is 20.3 Å². The molecule has 2 heterocycles. The molecule has 1 aromatic carbocycles. The zero-order valence-corrected chi connectivity index (χ0v) is 18.9. The first-order valence-electron chi connectivity index (χ1n) is 10.7. The van der Waals surface area contributed by atoms with Crippen LogP contribution in [-0.4, -0.2) is 52.7 Å². The van der Waals surface area contributed by atoms with Crippen LogP contribution in [0.1, 0.15) is 38.5 Å². The summed E-state index contributed by atoms with van der Waals surface area (Å²) in [6.45, 7) is 1.90. The van der Waals surface area contributed by atoms with Crippen LogP contribution in [0.4, 0.5) is 23.5 Å². The van der Waals surface area contributed by atoms with Crippen LogP contribution in [0.3, 0.4) is 0 Å². The number of rotatable bonds is 6. The van der Waals surface area contributed by atoms with Gasteiger partial charge in [0.2, 0.25) is 17.8 Å². The van der Waals surface area contributed by atoms with E-state index < -0.39 is 0 Å². The molecule has 2 aliphatic rings. The highest BCUT2D eigenvalue weighted by Gasteiger charge is 2.19. The van der Waals surface area contributed by atoms with Crippen molar-refractivity contribution in [3.8, 4) is 5.75 Å². The molecule has 30 heavy (non-hydrogen) atoms. The van der Waals surface area contributed by atoms with Crippen molar-refractivity contribution in [3.05, 3.63) is 23.2 Å². The number of nitrogens with zero attached hydrogens (tertiary/aromatic N) is 4. The minimum absolute atomic E-state index is 0.419. The van der Waals surface area contributed by atoms with Crippen molar-refractivity contribution < 1.29 is 4.74 Å². The second kappa shape index (κ2) is 10.4. The maximum absolute atomic E-state index is 6.28. The lowest BCUT2D eigenvalue weighted by atomic mass is 10.1. The Hall–Kier alpha value is -1.93. The lowest BCUT2D eigenvalue weighted by molar-refractivity contribution is 0.415. The molecule has 1 aliphatic heterocycles. The van der Waals surface area contributed by atoms with E-state index in [1.807, 2.05) is 30.0 Å². The Balaban J connectivity index is 1.58. The van der Waals surface area contributed by atoms with E-state index in [4.69, 9.17) is 26.3 Å². The standard InChI is InChI=1S/C21H29ClN6OS/c1-29-18-9-8-16(14-17(18)22)24-20-25-19(23-15-6-4-2-3-5-7-15)26-21(27-20)28-10-12-30-13-11-28/h8-9,14-15H,2-7,10-13H2,1H3,(H2,23,24,25,26,27).